The second-order valence-corrected chi connectivity index (χ2v) is 6.19. The summed E-state index contributed by atoms with van der Waals surface area (Å²) in [6.07, 6.45) is 0. The van der Waals surface area contributed by atoms with Crippen LogP contribution in [-0.2, 0) is 14.4 Å². The second-order valence-electron chi connectivity index (χ2n) is 6.19. The molecule has 0 bridgehead atoms. The summed E-state index contributed by atoms with van der Waals surface area (Å²) < 4.78 is 0. The first-order valence-corrected chi connectivity index (χ1v) is 8.09. The van der Waals surface area contributed by atoms with Crippen molar-refractivity contribution in [2.75, 3.05) is 45.8 Å². The molecule has 0 spiro atoms. The first-order valence-electron chi connectivity index (χ1n) is 8.09. The molecule has 1 rings (SSSR count). The molecule has 1 aliphatic heterocycles. The minimum atomic E-state index is -0.597. The molecule has 0 aromatic heterocycles. The molecular weight excluding hydrogens is 298 g/mol. The lowest BCUT2D eigenvalue weighted by Gasteiger charge is -2.34. The Balaban J connectivity index is 2.13. The van der Waals surface area contributed by atoms with E-state index in [1.165, 1.54) is 0 Å². The molecule has 8 heteroatoms. The van der Waals surface area contributed by atoms with Crippen molar-refractivity contribution in [1.29, 1.82) is 0 Å². The Labute approximate surface area is 137 Å². The number of hydrogen-bond donors (Lipinski definition) is 3. The maximum absolute atomic E-state index is 11.7. The van der Waals surface area contributed by atoms with Crippen molar-refractivity contribution < 1.29 is 14.4 Å². The van der Waals surface area contributed by atoms with Crippen LogP contribution >= 0.6 is 0 Å². The van der Waals surface area contributed by atoms with Gasteiger partial charge in [0.05, 0.1) is 12.6 Å². The molecule has 1 saturated heterocycles. The van der Waals surface area contributed by atoms with Gasteiger partial charge in [0.15, 0.2) is 0 Å². The summed E-state index contributed by atoms with van der Waals surface area (Å²) in [6.45, 7) is 9.57. The third-order valence-electron chi connectivity index (χ3n) is 4.01. The van der Waals surface area contributed by atoms with E-state index >= 15 is 0 Å². The zero-order chi connectivity index (χ0) is 17.4. The van der Waals surface area contributed by atoms with E-state index in [-0.39, 0.29) is 30.2 Å². The third-order valence-corrected chi connectivity index (χ3v) is 4.01. The normalized spacial score (nSPS) is 17.0. The fourth-order valence-corrected chi connectivity index (χ4v) is 2.29. The molecule has 0 aromatic rings. The topological polar surface area (TPSA) is 108 Å². The second kappa shape index (κ2) is 9.46. The predicted molar refractivity (Wildman–Crippen MR) is 87.5 cm³/mol. The Morgan fingerprint density at radius 3 is 2.22 bits per heavy atom. The highest BCUT2D eigenvalue weighted by atomic mass is 16.2. The number of nitrogens with two attached hydrogens (primary N) is 1. The first-order chi connectivity index (χ1) is 10.8. The van der Waals surface area contributed by atoms with Crippen molar-refractivity contribution in [3.05, 3.63) is 0 Å². The maximum atomic E-state index is 11.7. The number of hydrogen-bond acceptors (Lipinski definition) is 5. The zero-order valence-electron chi connectivity index (χ0n) is 14.3. The van der Waals surface area contributed by atoms with Gasteiger partial charge in [-0.1, -0.05) is 13.8 Å². The van der Waals surface area contributed by atoms with Crippen LogP contribution in [0.4, 0.5) is 0 Å². The molecule has 0 aliphatic carbocycles. The highest BCUT2D eigenvalue weighted by Gasteiger charge is 2.19. The lowest BCUT2D eigenvalue weighted by Crippen LogP contribution is -2.50. The van der Waals surface area contributed by atoms with E-state index < -0.39 is 6.04 Å². The van der Waals surface area contributed by atoms with E-state index in [2.05, 4.69) is 15.5 Å². The SMILES string of the molecule is CC(=O)N1CCN(CCNC(=O)CNC(=O)[C@@H](N)C(C)C)CC1. The summed E-state index contributed by atoms with van der Waals surface area (Å²) in [5.41, 5.74) is 5.70. The quantitative estimate of drug-likeness (QED) is 0.520. The number of carbonyl (C=O) groups is 3. The van der Waals surface area contributed by atoms with Crippen LogP contribution in [0.2, 0.25) is 0 Å². The minimum Gasteiger partial charge on any atom is -0.353 e. The molecule has 1 atom stereocenters. The summed E-state index contributed by atoms with van der Waals surface area (Å²) in [4.78, 5) is 38.6. The summed E-state index contributed by atoms with van der Waals surface area (Å²) >= 11 is 0. The van der Waals surface area contributed by atoms with Crippen molar-refractivity contribution in [3.63, 3.8) is 0 Å². The smallest absolute Gasteiger partial charge is 0.239 e. The van der Waals surface area contributed by atoms with E-state index in [9.17, 15) is 14.4 Å². The Hall–Kier alpha value is -1.67. The Bertz CT molecular complexity index is 419. The standard InChI is InChI=1S/C15H29N5O3/c1-11(2)14(16)15(23)18-10-13(22)17-4-5-19-6-8-20(9-7-19)12(3)21/h11,14H,4-10,16H2,1-3H3,(H,17,22)(H,18,23)/t14-/m0/s1. The van der Waals surface area contributed by atoms with Gasteiger partial charge in [0.2, 0.25) is 17.7 Å². The maximum Gasteiger partial charge on any atom is 0.239 e. The zero-order valence-corrected chi connectivity index (χ0v) is 14.3. The molecule has 1 fully saturated rings. The average molecular weight is 327 g/mol. The van der Waals surface area contributed by atoms with Gasteiger partial charge in [0, 0.05) is 46.2 Å². The third kappa shape index (κ3) is 6.96. The number of amides is 3. The van der Waals surface area contributed by atoms with E-state index in [1.54, 1.807) is 6.92 Å². The van der Waals surface area contributed by atoms with Crippen LogP contribution in [0, 0.1) is 5.92 Å². The number of rotatable bonds is 7. The summed E-state index contributed by atoms with van der Waals surface area (Å²) in [7, 11) is 0. The Morgan fingerprint density at radius 1 is 1.09 bits per heavy atom. The summed E-state index contributed by atoms with van der Waals surface area (Å²) in [6, 6.07) is -0.597. The van der Waals surface area contributed by atoms with E-state index in [0.717, 1.165) is 32.7 Å². The molecule has 3 amide bonds. The minimum absolute atomic E-state index is 0.0340. The predicted octanol–water partition coefficient (Wildman–Crippen LogP) is -1.63. The van der Waals surface area contributed by atoms with Crippen molar-refractivity contribution in [2.24, 2.45) is 11.7 Å². The molecule has 1 aliphatic rings. The monoisotopic (exact) mass is 327 g/mol. The van der Waals surface area contributed by atoms with Gasteiger partial charge in [-0.3, -0.25) is 19.3 Å². The molecule has 0 saturated carbocycles. The first kappa shape index (κ1) is 19.4. The van der Waals surface area contributed by atoms with Crippen molar-refractivity contribution in [1.82, 2.24) is 20.4 Å². The van der Waals surface area contributed by atoms with Gasteiger partial charge in [-0.05, 0) is 5.92 Å². The molecule has 0 aromatic carbocycles. The van der Waals surface area contributed by atoms with Gasteiger partial charge >= 0.3 is 0 Å². The summed E-state index contributed by atoms with van der Waals surface area (Å²) in [5.74, 6) is -0.396. The van der Waals surface area contributed by atoms with E-state index in [1.807, 2.05) is 18.7 Å². The number of piperazine rings is 1. The van der Waals surface area contributed by atoms with Gasteiger partial charge in [0.25, 0.3) is 0 Å². The lowest BCUT2D eigenvalue weighted by molar-refractivity contribution is -0.130. The fourth-order valence-electron chi connectivity index (χ4n) is 2.29. The average Bonchev–Trinajstić information content (AvgIpc) is 2.52. The van der Waals surface area contributed by atoms with Crippen molar-refractivity contribution >= 4 is 17.7 Å². The largest absolute Gasteiger partial charge is 0.353 e. The van der Waals surface area contributed by atoms with Crippen molar-refractivity contribution in [3.8, 4) is 0 Å². The van der Waals surface area contributed by atoms with Gasteiger partial charge in [0.1, 0.15) is 0 Å². The number of carbonyl (C=O) groups excluding carboxylic acids is 3. The van der Waals surface area contributed by atoms with Crippen LogP contribution in [0.5, 0.6) is 0 Å². The van der Waals surface area contributed by atoms with Crippen LogP contribution in [-0.4, -0.2) is 79.4 Å². The molecule has 0 unspecified atom stereocenters. The Kier molecular flexibility index (Phi) is 7.97. The Morgan fingerprint density at radius 2 is 1.70 bits per heavy atom. The van der Waals surface area contributed by atoms with Gasteiger partial charge < -0.3 is 21.3 Å². The molecule has 1 heterocycles. The van der Waals surface area contributed by atoms with Gasteiger partial charge in [-0.25, -0.2) is 0 Å². The van der Waals surface area contributed by atoms with Crippen LogP contribution < -0.4 is 16.4 Å². The van der Waals surface area contributed by atoms with Crippen LogP contribution in [0.1, 0.15) is 20.8 Å². The highest BCUT2D eigenvalue weighted by molar-refractivity contribution is 5.87. The number of nitrogens with zero attached hydrogens (tertiary/aromatic N) is 2. The summed E-state index contributed by atoms with van der Waals surface area (Å²) in [5, 5.41) is 5.31. The van der Waals surface area contributed by atoms with E-state index in [0.29, 0.717) is 6.54 Å². The van der Waals surface area contributed by atoms with Gasteiger partial charge in [-0.15, -0.1) is 0 Å². The molecule has 23 heavy (non-hydrogen) atoms. The lowest BCUT2D eigenvalue weighted by atomic mass is 10.1. The van der Waals surface area contributed by atoms with Crippen LogP contribution in [0.3, 0.4) is 0 Å². The molecule has 8 nitrogen and oxygen atoms in total. The van der Waals surface area contributed by atoms with E-state index in [4.69, 9.17) is 5.73 Å². The molecule has 0 radical (unpaired) electrons. The fraction of sp³-hybridized carbons (Fsp3) is 0.800. The molecule has 4 N–H and O–H groups in total. The van der Waals surface area contributed by atoms with Crippen LogP contribution in [0.15, 0.2) is 0 Å². The van der Waals surface area contributed by atoms with Gasteiger partial charge in [-0.2, -0.15) is 0 Å². The van der Waals surface area contributed by atoms with Crippen LogP contribution in [0.25, 0.3) is 0 Å². The number of nitrogens with one attached hydrogen (secondary N) is 2. The molecule has 132 valence electrons. The van der Waals surface area contributed by atoms with Crippen molar-refractivity contribution in [2.45, 2.75) is 26.8 Å². The molecular formula is C15H29N5O3. The highest BCUT2D eigenvalue weighted by Crippen LogP contribution is 2.01.